The molecule has 248 valence electrons. The van der Waals surface area contributed by atoms with E-state index in [1.807, 2.05) is 65.6 Å². The van der Waals surface area contributed by atoms with Crippen molar-refractivity contribution in [3.63, 3.8) is 0 Å². The van der Waals surface area contributed by atoms with Crippen LogP contribution in [0.15, 0.2) is 77.4 Å². The molecule has 0 atom stereocenters. The highest BCUT2D eigenvalue weighted by Crippen LogP contribution is 2.36. The maximum Gasteiger partial charge on any atom is 0.142 e. The Morgan fingerprint density at radius 3 is 2.34 bits per heavy atom. The highest BCUT2D eigenvalue weighted by atomic mass is 35.5. The van der Waals surface area contributed by atoms with Gasteiger partial charge in [0.05, 0.1) is 29.9 Å². The normalized spacial score (nSPS) is 11.4. The fraction of sp³-hybridized carbons (Fsp3) is 0.314. The molecule has 0 spiro atoms. The summed E-state index contributed by atoms with van der Waals surface area (Å²) in [6.07, 6.45) is 1.75. The number of aromatic nitrogens is 2. The molecule has 0 bridgehead atoms. The van der Waals surface area contributed by atoms with Crippen LogP contribution < -0.4 is 19.9 Å². The molecule has 5 aromatic rings. The smallest absolute Gasteiger partial charge is 0.142 e. The molecule has 0 aliphatic heterocycles. The molecule has 0 aliphatic rings. The van der Waals surface area contributed by atoms with Gasteiger partial charge in [-0.2, -0.15) is 0 Å². The fourth-order valence-corrected chi connectivity index (χ4v) is 5.66. The summed E-state index contributed by atoms with van der Waals surface area (Å²) in [6.45, 7) is 3.32. The van der Waals surface area contributed by atoms with E-state index in [2.05, 4.69) is 10.3 Å². The van der Waals surface area contributed by atoms with Crippen molar-refractivity contribution in [1.29, 1.82) is 0 Å². The number of aliphatic hydroxyl groups is 2. The van der Waals surface area contributed by atoms with Gasteiger partial charge in [0.25, 0.3) is 0 Å². The van der Waals surface area contributed by atoms with Crippen LogP contribution in [-0.2, 0) is 19.8 Å². The molecule has 0 saturated carbocycles. The zero-order valence-corrected chi connectivity index (χ0v) is 27.4. The van der Waals surface area contributed by atoms with Gasteiger partial charge in [-0.25, -0.2) is 4.63 Å². The number of nitrogens with zero attached hydrogens (tertiary/aromatic N) is 3. The second-order valence-corrected chi connectivity index (χ2v) is 11.7. The van der Waals surface area contributed by atoms with Gasteiger partial charge in [0.15, 0.2) is 0 Å². The van der Waals surface area contributed by atoms with Crippen molar-refractivity contribution < 1.29 is 29.1 Å². The van der Waals surface area contributed by atoms with Crippen LogP contribution in [0.3, 0.4) is 0 Å². The topological polar surface area (TPSA) is 136 Å². The Balaban J connectivity index is 1.21. The molecule has 1 aromatic heterocycles. The van der Waals surface area contributed by atoms with E-state index < -0.39 is 0 Å². The molecule has 12 heteroatoms. The van der Waals surface area contributed by atoms with Crippen molar-refractivity contribution in [2.45, 2.75) is 32.6 Å². The standard InChI is InChI=1S/C35H38Cl2N4O6/c36-30-19-27(21-38)33(45-22-24-9-10-31-32(17-24)40-47-39-31)20-34(30)46-23-26-6-4-8-29(35(26)37)25-5-3-7-28(18-25)44-16-2-1-11-41(12-14-42)13-15-43/h3-10,17-20,42-43H,1-2,11-16,21-23,38H2. The van der Waals surface area contributed by atoms with Crippen LogP contribution in [0.4, 0.5) is 0 Å². The number of ether oxygens (including phenoxy) is 3. The first-order chi connectivity index (χ1) is 23.0. The van der Waals surface area contributed by atoms with E-state index in [9.17, 15) is 10.2 Å². The number of fused-ring (bicyclic) bond motifs is 1. The summed E-state index contributed by atoms with van der Waals surface area (Å²) in [5, 5.41) is 27.1. The van der Waals surface area contributed by atoms with Crippen LogP contribution in [0.2, 0.25) is 10.0 Å². The Morgan fingerprint density at radius 2 is 1.53 bits per heavy atom. The van der Waals surface area contributed by atoms with Crippen LogP contribution in [0.5, 0.6) is 17.2 Å². The van der Waals surface area contributed by atoms with Gasteiger partial charge in [0.1, 0.15) is 41.5 Å². The molecular formula is C35H38Cl2N4O6. The number of benzene rings is 4. The van der Waals surface area contributed by atoms with Crippen molar-refractivity contribution in [3.05, 3.63) is 99.5 Å². The van der Waals surface area contributed by atoms with Crippen molar-refractivity contribution in [1.82, 2.24) is 15.2 Å². The van der Waals surface area contributed by atoms with E-state index in [4.69, 9.17) is 47.8 Å². The first-order valence-corrected chi connectivity index (χ1v) is 16.2. The van der Waals surface area contributed by atoms with E-state index in [0.29, 0.717) is 52.3 Å². The summed E-state index contributed by atoms with van der Waals surface area (Å²) in [4.78, 5) is 2.04. The summed E-state index contributed by atoms with van der Waals surface area (Å²) in [6, 6.07) is 22.7. The minimum atomic E-state index is 0.0768. The third-order valence-corrected chi connectivity index (χ3v) is 8.37. The molecule has 0 amide bonds. The van der Waals surface area contributed by atoms with Crippen LogP contribution in [-0.4, -0.2) is 64.9 Å². The van der Waals surface area contributed by atoms with E-state index in [-0.39, 0.29) is 33.0 Å². The summed E-state index contributed by atoms with van der Waals surface area (Å²) in [7, 11) is 0. The molecule has 0 aliphatic carbocycles. The molecule has 4 aromatic carbocycles. The SMILES string of the molecule is NCc1cc(Cl)c(OCc2cccc(-c3cccc(OCCCCN(CCO)CCO)c3)c2Cl)cc1OCc1ccc2nonc2c1. The highest BCUT2D eigenvalue weighted by Gasteiger charge is 2.14. The molecule has 0 saturated heterocycles. The number of hydrogen-bond donors (Lipinski definition) is 3. The molecular weight excluding hydrogens is 643 g/mol. The Morgan fingerprint density at radius 1 is 0.745 bits per heavy atom. The Bertz CT molecular complexity index is 1750. The van der Waals surface area contributed by atoms with Crippen molar-refractivity contribution in [3.8, 4) is 28.4 Å². The predicted octanol–water partition coefficient (Wildman–Crippen LogP) is 6.26. The summed E-state index contributed by atoms with van der Waals surface area (Å²) in [5.41, 5.74) is 11.5. The lowest BCUT2D eigenvalue weighted by molar-refractivity contribution is 0.157. The molecule has 4 N–H and O–H groups in total. The highest BCUT2D eigenvalue weighted by molar-refractivity contribution is 6.34. The maximum absolute atomic E-state index is 9.18. The minimum Gasteiger partial charge on any atom is -0.494 e. The molecule has 1 heterocycles. The van der Waals surface area contributed by atoms with Crippen molar-refractivity contribution >= 4 is 34.2 Å². The second kappa shape index (κ2) is 17.3. The predicted molar refractivity (Wildman–Crippen MR) is 182 cm³/mol. The number of halogens is 2. The first kappa shape index (κ1) is 34.4. The molecule has 0 fully saturated rings. The monoisotopic (exact) mass is 680 g/mol. The van der Waals surface area contributed by atoms with Crippen LogP contribution in [0.25, 0.3) is 22.2 Å². The van der Waals surface area contributed by atoms with Crippen LogP contribution in [0, 0.1) is 0 Å². The first-order valence-electron chi connectivity index (χ1n) is 15.4. The van der Waals surface area contributed by atoms with Gasteiger partial charge in [0.2, 0.25) is 0 Å². The zero-order valence-electron chi connectivity index (χ0n) is 25.9. The molecule has 5 rings (SSSR count). The molecule has 47 heavy (non-hydrogen) atoms. The van der Waals surface area contributed by atoms with Gasteiger partial charge in [-0.05, 0) is 71.2 Å². The Hall–Kier alpha value is -3.90. The van der Waals surface area contributed by atoms with Crippen LogP contribution >= 0.6 is 23.2 Å². The van der Waals surface area contributed by atoms with Crippen molar-refractivity contribution in [2.75, 3.05) is 39.5 Å². The number of nitrogens with two attached hydrogens (primary N) is 1. The molecule has 0 unspecified atom stereocenters. The van der Waals surface area contributed by atoms with E-state index in [0.717, 1.165) is 53.0 Å². The largest absolute Gasteiger partial charge is 0.494 e. The lowest BCUT2D eigenvalue weighted by atomic mass is 10.0. The third kappa shape index (κ3) is 9.35. The quantitative estimate of drug-likeness (QED) is 0.0910. The number of aliphatic hydroxyl groups excluding tert-OH is 2. The van der Waals surface area contributed by atoms with Gasteiger partial charge < -0.3 is 30.2 Å². The number of hydrogen-bond acceptors (Lipinski definition) is 10. The fourth-order valence-electron chi connectivity index (χ4n) is 5.13. The Kier molecular flexibility index (Phi) is 12.7. The van der Waals surface area contributed by atoms with Gasteiger partial charge >= 0.3 is 0 Å². The van der Waals surface area contributed by atoms with Gasteiger partial charge in [-0.1, -0.05) is 59.6 Å². The Labute approximate surface area is 283 Å². The van der Waals surface area contributed by atoms with Gasteiger partial charge in [-0.3, -0.25) is 4.90 Å². The average Bonchev–Trinajstić information content (AvgIpc) is 3.56. The van der Waals surface area contributed by atoms with Gasteiger partial charge in [-0.15, -0.1) is 0 Å². The van der Waals surface area contributed by atoms with Crippen LogP contribution in [0.1, 0.15) is 29.5 Å². The second-order valence-electron chi connectivity index (χ2n) is 10.9. The number of rotatable bonds is 18. The van der Waals surface area contributed by atoms with E-state index in [1.165, 1.54) is 0 Å². The minimum absolute atomic E-state index is 0.0768. The molecule has 10 nitrogen and oxygen atoms in total. The summed E-state index contributed by atoms with van der Waals surface area (Å²) < 4.78 is 23.1. The lowest BCUT2D eigenvalue weighted by Crippen LogP contribution is -2.31. The zero-order chi connectivity index (χ0) is 33.0. The number of unbranched alkanes of at least 4 members (excludes halogenated alkanes) is 1. The van der Waals surface area contributed by atoms with Crippen molar-refractivity contribution in [2.24, 2.45) is 5.73 Å². The molecule has 0 radical (unpaired) electrons. The van der Waals surface area contributed by atoms with Gasteiger partial charge in [0, 0.05) is 42.4 Å². The summed E-state index contributed by atoms with van der Waals surface area (Å²) >= 11 is 13.5. The third-order valence-electron chi connectivity index (χ3n) is 7.62. The maximum atomic E-state index is 9.18. The lowest BCUT2D eigenvalue weighted by Gasteiger charge is -2.19. The van der Waals surface area contributed by atoms with E-state index >= 15 is 0 Å². The summed E-state index contributed by atoms with van der Waals surface area (Å²) in [5.74, 6) is 1.76. The average molecular weight is 682 g/mol. The van der Waals surface area contributed by atoms with E-state index in [1.54, 1.807) is 12.1 Å².